The minimum absolute atomic E-state index is 0.0862. The smallest absolute Gasteiger partial charge is 0.244 e. The molecule has 1 aliphatic carbocycles. The number of nitrogens with one attached hydrogen (secondary N) is 2. The van der Waals surface area contributed by atoms with Gasteiger partial charge in [0.1, 0.15) is 11.8 Å². The van der Waals surface area contributed by atoms with E-state index in [9.17, 15) is 18.0 Å². The molecule has 1 heterocycles. The highest BCUT2D eigenvalue weighted by Gasteiger charge is 2.37. The molecule has 1 unspecified atom stereocenters. The molecule has 2 amide bonds. The third-order valence-electron chi connectivity index (χ3n) is 4.68. The van der Waals surface area contributed by atoms with E-state index in [0.717, 1.165) is 25.7 Å². The number of amides is 2. The second-order valence-electron chi connectivity index (χ2n) is 8.45. The van der Waals surface area contributed by atoms with E-state index in [1.165, 1.54) is 16.7 Å². The Bertz CT molecular complexity index is 622. The molecule has 0 aromatic rings. The molecule has 1 aliphatic heterocycles. The van der Waals surface area contributed by atoms with Gasteiger partial charge in [0.25, 0.3) is 0 Å². The van der Waals surface area contributed by atoms with E-state index < -0.39 is 33.3 Å². The van der Waals surface area contributed by atoms with Crippen LogP contribution < -0.4 is 10.0 Å². The van der Waals surface area contributed by atoms with Crippen molar-refractivity contribution in [2.24, 2.45) is 5.92 Å². The minimum Gasteiger partial charge on any atom is -0.350 e. The first-order valence-corrected chi connectivity index (χ1v) is 12.0. The fourth-order valence-corrected chi connectivity index (χ4v) is 5.78. The van der Waals surface area contributed by atoms with E-state index in [-0.39, 0.29) is 11.9 Å². The maximum Gasteiger partial charge on any atom is 0.244 e. The second-order valence-corrected chi connectivity index (χ2v) is 11.2. The van der Waals surface area contributed by atoms with Gasteiger partial charge in [-0.05, 0) is 52.4 Å². The molecule has 26 heavy (non-hydrogen) atoms. The average molecular weight is 406 g/mol. The van der Waals surface area contributed by atoms with Crippen LogP contribution in [0.2, 0.25) is 0 Å². The molecule has 150 valence electrons. The summed E-state index contributed by atoms with van der Waals surface area (Å²) in [7, 11) is -3.70. The van der Waals surface area contributed by atoms with Gasteiger partial charge in [-0.3, -0.25) is 9.59 Å². The SMILES string of the molecule is CC1CCC(NS(=O)(=O)CC(=O)N2CSCC2C(=O)NC(C)(C)C)CC1. The van der Waals surface area contributed by atoms with Gasteiger partial charge < -0.3 is 10.2 Å². The van der Waals surface area contributed by atoms with Gasteiger partial charge >= 0.3 is 0 Å². The number of carbonyl (C=O) groups excluding carboxylic acids is 2. The number of hydrogen-bond acceptors (Lipinski definition) is 5. The average Bonchev–Trinajstić information content (AvgIpc) is 2.97. The van der Waals surface area contributed by atoms with E-state index in [1.54, 1.807) is 0 Å². The molecule has 2 N–H and O–H groups in total. The van der Waals surface area contributed by atoms with E-state index in [1.807, 2.05) is 20.8 Å². The van der Waals surface area contributed by atoms with Crippen LogP contribution in [0.3, 0.4) is 0 Å². The van der Waals surface area contributed by atoms with E-state index in [4.69, 9.17) is 0 Å². The first-order chi connectivity index (χ1) is 12.0. The van der Waals surface area contributed by atoms with Crippen molar-refractivity contribution in [3.8, 4) is 0 Å². The highest BCUT2D eigenvalue weighted by atomic mass is 32.2. The molecule has 0 spiro atoms. The Balaban J connectivity index is 1.93. The van der Waals surface area contributed by atoms with Crippen molar-refractivity contribution in [1.82, 2.24) is 14.9 Å². The first kappa shape index (κ1) is 21.5. The van der Waals surface area contributed by atoms with Crippen LogP contribution in [0, 0.1) is 5.92 Å². The van der Waals surface area contributed by atoms with Crippen molar-refractivity contribution in [3.05, 3.63) is 0 Å². The number of carbonyl (C=O) groups is 2. The molecule has 0 aromatic heterocycles. The van der Waals surface area contributed by atoms with E-state index in [0.29, 0.717) is 17.5 Å². The summed E-state index contributed by atoms with van der Waals surface area (Å²) in [6.07, 6.45) is 3.62. The van der Waals surface area contributed by atoms with Crippen LogP contribution in [0.4, 0.5) is 0 Å². The Kier molecular flexibility index (Phi) is 7.01. The van der Waals surface area contributed by atoms with Gasteiger partial charge in [-0.1, -0.05) is 6.92 Å². The third kappa shape index (κ3) is 6.42. The zero-order chi connectivity index (χ0) is 19.5. The molecule has 1 atom stereocenters. The molecule has 1 saturated heterocycles. The van der Waals surface area contributed by atoms with Crippen molar-refractivity contribution >= 4 is 33.6 Å². The van der Waals surface area contributed by atoms with Crippen molar-refractivity contribution in [1.29, 1.82) is 0 Å². The van der Waals surface area contributed by atoms with Crippen molar-refractivity contribution in [2.45, 2.75) is 71.0 Å². The van der Waals surface area contributed by atoms with Gasteiger partial charge in [0.2, 0.25) is 21.8 Å². The zero-order valence-corrected chi connectivity index (χ0v) is 17.7. The monoisotopic (exact) mass is 405 g/mol. The van der Waals surface area contributed by atoms with Gasteiger partial charge in [-0.25, -0.2) is 13.1 Å². The number of sulfonamides is 1. The second kappa shape index (κ2) is 8.48. The van der Waals surface area contributed by atoms with Crippen molar-refractivity contribution in [3.63, 3.8) is 0 Å². The van der Waals surface area contributed by atoms with Crippen molar-refractivity contribution in [2.75, 3.05) is 17.4 Å². The topological polar surface area (TPSA) is 95.6 Å². The van der Waals surface area contributed by atoms with Crippen molar-refractivity contribution < 1.29 is 18.0 Å². The van der Waals surface area contributed by atoms with Gasteiger partial charge in [0, 0.05) is 17.3 Å². The molecular formula is C17H31N3O4S2. The largest absolute Gasteiger partial charge is 0.350 e. The molecule has 9 heteroatoms. The van der Waals surface area contributed by atoms with Crippen LogP contribution in [-0.4, -0.2) is 60.1 Å². The molecule has 0 radical (unpaired) electrons. The highest BCUT2D eigenvalue weighted by molar-refractivity contribution is 7.99. The molecule has 2 fully saturated rings. The molecular weight excluding hydrogens is 374 g/mol. The van der Waals surface area contributed by atoms with Gasteiger partial charge in [0.15, 0.2) is 0 Å². The van der Waals surface area contributed by atoms with Crippen LogP contribution in [-0.2, 0) is 19.6 Å². The van der Waals surface area contributed by atoms with Crippen LogP contribution >= 0.6 is 11.8 Å². The predicted molar refractivity (Wildman–Crippen MR) is 104 cm³/mol. The van der Waals surface area contributed by atoms with Gasteiger partial charge in [-0.15, -0.1) is 11.8 Å². The summed E-state index contributed by atoms with van der Waals surface area (Å²) in [5.74, 6) is 0.113. The number of thioether (sulfide) groups is 1. The summed E-state index contributed by atoms with van der Waals surface area (Å²) in [4.78, 5) is 26.3. The molecule has 1 saturated carbocycles. The summed E-state index contributed by atoms with van der Waals surface area (Å²) in [6, 6.07) is -0.700. The lowest BCUT2D eigenvalue weighted by atomic mass is 9.88. The molecule has 0 bridgehead atoms. The summed E-state index contributed by atoms with van der Waals surface area (Å²) in [5.41, 5.74) is -0.398. The Morgan fingerprint density at radius 3 is 2.35 bits per heavy atom. The Hall–Kier alpha value is -0.800. The Morgan fingerprint density at radius 2 is 1.77 bits per heavy atom. The molecule has 2 rings (SSSR count). The van der Waals surface area contributed by atoms with Crippen LogP contribution in [0.15, 0.2) is 0 Å². The fourth-order valence-electron chi connectivity index (χ4n) is 3.28. The number of nitrogens with zero attached hydrogens (tertiary/aromatic N) is 1. The number of rotatable bonds is 5. The summed E-state index contributed by atoms with van der Waals surface area (Å²) >= 11 is 1.46. The highest BCUT2D eigenvalue weighted by Crippen LogP contribution is 2.25. The zero-order valence-electron chi connectivity index (χ0n) is 16.1. The lowest BCUT2D eigenvalue weighted by molar-refractivity contribution is -0.136. The van der Waals surface area contributed by atoms with Crippen LogP contribution in [0.25, 0.3) is 0 Å². The van der Waals surface area contributed by atoms with Gasteiger partial charge in [0.05, 0.1) is 5.88 Å². The van der Waals surface area contributed by atoms with E-state index in [2.05, 4.69) is 17.0 Å². The standard InChI is InChI=1S/C17H31N3O4S2/c1-12-5-7-13(8-6-12)19-26(23,24)10-15(21)20-11-25-9-14(20)16(22)18-17(2,3)4/h12-14,19H,5-11H2,1-4H3,(H,18,22). The van der Waals surface area contributed by atoms with Crippen LogP contribution in [0.5, 0.6) is 0 Å². The Labute approximate surface area is 161 Å². The first-order valence-electron chi connectivity index (χ1n) is 9.16. The minimum atomic E-state index is -3.70. The molecule has 7 nitrogen and oxygen atoms in total. The summed E-state index contributed by atoms with van der Waals surface area (Å²) in [5, 5.41) is 2.87. The van der Waals surface area contributed by atoms with E-state index >= 15 is 0 Å². The molecule has 2 aliphatic rings. The predicted octanol–water partition coefficient (Wildman–Crippen LogP) is 1.30. The maximum atomic E-state index is 12.5. The Morgan fingerprint density at radius 1 is 1.15 bits per heavy atom. The quantitative estimate of drug-likeness (QED) is 0.719. The lowest BCUT2D eigenvalue weighted by Gasteiger charge is -2.29. The maximum absolute atomic E-state index is 12.5. The third-order valence-corrected chi connectivity index (χ3v) is 7.01. The summed E-state index contributed by atoms with van der Waals surface area (Å²) < 4.78 is 27.4. The summed E-state index contributed by atoms with van der Waals surface area (Å²) in [6.45, 7) is 7.79. The fraction of sp³-hybridized carbons (Fsp3) is 0.882. The number of hydrogen-bond donors (Lipinski definition) is 2. The normalized spacial score (nSPS) is 27.4. The molecule has 0 aromatic carbocycles. The lowest BCUT2D eigenvalue weighted by Crippen LogP contribution is -2.53. The van der Waals surface area contributed by atoms with Gasteiger partial charge in [-0.2, -0.15) is 0 Å². The van der Waals surface area contributed by atoms with Crippen LogP contribution in [0.1, 0.15) is 53.4 Å².